The quantitative estimate of drug-likeness (QED) is 0.723. The first kappa shape index (κ1) is 11.6. The van der Waals surface area contributed by atoms with Gasteiger partial charge in [0.15, 0.2) is 11.4 Å². The third kappa shape index (κ3) is 2.11. The molecule has 1 rings (SSSR count). The lowest BCUT2D eigenvalue weighted by atomic mass is 10.3. The van der Waals surface area contributed by atoms with Crippen LogP contribution in [-0.4, -0.2) is 15.0 Å². The molecule has 4 nitrogen and oxygen atoms in total. The first-order valence-electron chi connectivity index (χ1n) is 3.80. The highest BCUT2D eigenvalue weighted by molar-refractivity contribution is 6.66. The fourth-order valence-corrected chi connectivity index (χ4v) is 1.33. The van der Waals surface area contributed by atoms with Crippen LogP contribution in [0.25, 0.3) is 0 Å². The van der Waals surface area contributed by atoms with E-state index in [1.807, 2.05) is 19.9 Å². The Morgan fingerprint density at radius 3 is 2.36 bits per heavy atom. The maximum absolute atomic E-state index is 8.87. The third-order valence-electron chi connectivity index (χ3n) is 1.56. The van der Waals surface area contributed by atoms with E-state index in [0.717, 1.165) is 0 Å². The van der Waals surface area contributed by atoms with Gasteiger partial charge < -0.3 is 0 Å². The van der Waals surface area contributed by atoms with Crippen molar-refractivity contribution in [2.45, 2.75) is 23.7 Å². The summed E-state index contributed by atoms with van der Waals surface area (Å²) in [7, 11) is 0. The van der Waals surface area contributed by atoms with Crippen molar-refractivity contribution < 1.29 is 0 Å². The minimum absolute atomic E-state index is 0.00162. The molecule has 0 saturated heterocycles. The Balaban J connectivity index is 3.30. The molecule has 1 heterocycles. The number of aromatic nitrogens is 3. The summed E-state index contributed by atoms with van der Waals surface area (Å²) < 4.78 is -0.296. The lowest BCUT2D eigenvalue weighted by molar-refractivity contribution is 0.509. The van der Waals surface area contributed by atoms with Crippen LogP contribution in [0, 0.1) is 11.3 Å². The molecule has 14 heavy (non-hydrogen) atoms. The van der Waals surface area contributed by atoms with Crippen molar-refractivity contribution in [2.24, 2.45) is 0 Å². The lowest BCUT2D eigenvalue weighted by Crippen LogP contribution is -2.08. The average Bonchev–Trinajstić information content (AvgIpc) is 2.45. The molecule has 0 fully saturated rings. The Morgan fingerprint density at radius 1 is 1.43 bits per heavy atom. The second-order valence-corrected chi connectivity index (χ2v) is 5.22. The molecule has 0 saturated carbocycles. The number of hydrogen-bond donors (Lipinski definition) is 0. The Morgan fingerprint density at radius 2 is 2.00 bits per heavy atom. The van der Waals surface area contributed by atoms with Crippen LogP contribution in [0.2, 0.25) is 0 Å². The highest BCUT2D eigenvalue weighted by Gasteiger charge is 2.32. The topological polar surface area (TPSA) is 54.5 Å². The Labute approximate surface area is 96.4 Å². The fraction of sp³-hybridized carbons (Fsp3) is 0.571. The summed E-state index contributed by atoms with van der Waals surface area (Å²) in [6.07, 6.45) is 0. The van der Waals surface area contributed by atoms with Gasteiger partial charge in [0, 0.05) is 6.04 Å². The Hall–Kier alpha value is -0.500. The molecule has 0 radical (unpaired) electrons. The van der Waals surface area contributed by atoms with Crippen molar-refractivity contribution in [1.82, 2.24) is 15.0 Å². The van der Waals surface area contributed by atoms with Crippen LogP contribution >= 0.6 is 34.8 Å². The summed E-state index contributed by atoms with van der Waals surface area (Å²) in [4.78, 5) is 0. The molecule has 0 aromatic carbocycles. The standard InChI is InChI=1S/C7H7Cl3N4/c1-4(2)14-5(3-11)6(12-13-14)7(8,9)10/h4H,1-2H3. The summed E-state index contributed by atoms with van der Waals surface area (Å²) >= 11 is 16.9. The van der Waals surface area contributed by atoms with Crippen molar-refractivity contribution >= 4 is 34.8 Å². The van der Waals surface area contributed by atoms with Crippen molar-refractivity contribution in [1.29, 1.82) is 5.26 Å². The molecule has 0 aliphatic heterocycles. The fourth-order valence-electron chi connectivity index (χ4n) is 0.950. The lowest BCUT2D eigenvalue weighted by Gasteiger charge is -2.08. The molecule has 0 amide bonds. The molecule has 0 bridgehead atoms. The molecular formula is C7H7Cl3N4. The van der Waals surface area contributed by atoms with Gasteiger partial charge in [-0.1, -0.05) is 40.0 Å². The second kappa shape index (κ2) is 3.93. The van der Waals surface area contributed by atoms with Crippen LogP contribution < -0.4 is 0 Å². The molecule has 76 valence electrons. The molecule has 0 atom stereocenters. The summed E-state index contributed by atoms with van der Waals surface area (Å²) in [5.74, 6) is 0. The molecule has 0 N–H and O–H groups in total. The van der Waals surface area contributed by atoms with Crippen LogP contribution in [0.15, 0.2) is 0 Å². The highest BCUT2D eigenvalue weighted by Crippen LogP contribution is 2.38. The van der Waals surface area contributed by atoms with Gasteiger partial charge in [0.25, 0.3) is 0 Å². The molecule has 0 unspecified atom stereocenters. The summed E-state index contributed by atoms with van der Waals surface area (Å²) in [6.45, 7) is 3.72. The Bertz CT molecular complexity index is 371. The van der Waals surface area contributed by atoms with Crippen molar-refractivity contribution in [3.05, 3.63) is 11.4 Å². The van der Waals surface area contributed by atoms with Crippen LogP contribution in [0.1, 0.15) is 31.3 Å². The van der Waals surface area contributed by atoms with Gasteiger partial charge >= 0.3 is 0 Å². The number of alkyl halides is 3. The van der Waals surface area contributed by atoms with Crippen molar-refractivity contribution in [3.63, 3.8) is 0 Å². The number of halogens is 3. The van der Waals surface area contributed by atoms with E-state index in [1.54, 1.807) is 0 Å². The largest absolute Gasteiger partial charge is 0.237 e. The number of hydrogen-bond acceptors (Lipinski definition) is 3. The molecule has 1 aromatic heterocycles. The SMILES string of the molecule is CC(C)n1nnc(C(Cl)(Cl)Cl)c1C#N. The van der Waals surface area contributed by atoms with Gasteiger partial charge in [0.2, 0.25) is 3.79 Å². The van der Waals surface area contributed by atoms with E-state index in [4.69, 9.17) is 40.1 Å². The number of rotatable bonds is 1. The van der Waals surface area contributed by atoms with Crippen LogP contribution in [-0.2, 0) is 3.79 Å². The van der Waals surface area contributed by atoms with E-state index in [0.29, 0.717) is 0 Å². The predicted molar refractivity (Wildman–Crippen MR) is 54.4 cm³/mol. The summed E-state index contributed by atoms with van der Waals surface area (Å²) in [5, 5.41) is 16.3. The molecule has 1 aromatic rings. The van der Waals surface area contributed by atoms with E-state index in [9.17, 15) is 0 Å². The van der Waals surface area contributed by atoms with Crippen LogP contribution in [0.3, 0.4) is 0 Å². The molecule has 0 spiro atoms. The van der Waals surface area contributed by atoms with Gasteiger partial charge in [-0.3, -0.25) is 0 Å². The maximum atomic E-state index is 8.87. The van der Waals surface area contributed by atoms with E-state index in [-0.39, 0.29) is 17.4 Å². The zero-order valence-electron chi connectivity index (χ0n) is 7.50. The summed E-state index contributed by atoms with van der Waals surface area (Å²) in [5.41, 5.74) is 0.249. The van der Waals surface area contributed by atoms with Crippen LogP contribution in [0.4, 0.5) is 0 Å². The zero-order valence-corrected chi connectivity index (χ0v) is 9.77. The molecule has 7 heteroatoms. The number of nitrogens with zero attached hydrogens (tertiary/aromatic N) is 4. The molecule has 0 aliphatic carbocycles. The first-order chi connectivity index (χ1) is 6.38. The average molecular weight is 254 g/mol. The van der Waals surface area contributed by atoms with Gasteiger partial charge in [-0.05, 0) is 13.8 Å². The molecular weight excluding hydrogens is 246 g/mol. The van der Waals surface area contributed by atoms with E-state index in [1.165, 1.54) is 4.68 Å². The van der Waals surface area contributed by atoms with Crippen LogP contribution in [0.5, 0.6) is 0 Å². The maximum Gasteiger partial charge on any atom is 0.237 e. The predicted octanol–water partition coefficient (Wildman–Crippen LogP) is 2.56. The van der Waals surface area contributed by atoms with Gasteiger partial charge in [0.05, 0.1) is 0 Å². The summed E-state index contributed by atoms with van der Waals surface area (Å²) in [6, 6.07) is 1.92. The smallest absolute Gasteiger partial charge is 0.232 e. The minimum atomic E-state index is -1.71. The second-order valence-electron chi connectivity index (χ2n) is 2.93. The Kier molecular flexibility index (Phi) is 3.25. The van der Waals surface area contributed by atoms with Gasteiger partial charge in [-0.25, -0.2) is 4.68 Å². The van der Waals surface area contributed by atoms with Crippen molar-refractivity contribution in [2.75, 3.05) is 0 Å². The van der Waals surface area contributed by atoms with Gasteiger partial charge in [-0.2, -0.15) is 5.26 Å². The minimum Gasteiger partial charge on any atom is -0.232 e. The van der Waals surface area contributed by atoms with Gasteiger partial charge in [0.1, 0.15) is 6.07 Å². The third-order valence-corrected chi connectivity index (χ3v) is 2.10. The van der Waals surface area contributed by atoms with E-state index in [2.05, 4.69) is 10.3 Å². The van der Waals surface area contributed by atoms with E-state index >= 15 is 0 Å². The monoisotopic (exact) mass is 252 g/mol. The van der Waals surface area contributed by atoms with Gasteiger partial charge in [-0.15, -0.1) is 5.10 Å². The normalized spacial score (nSPS) is 11.8. The molecule has 0 aliphatic rings. The van der Waals surface area contributed by atoms with E-state index < -0.39 is 3.79 Å². The number of nitriles is 1. The first-order valence-corrected chi connectivity index (χ1v) is 4.93. The highest BCUT2D eigenvalue weighted by atomic mass is 35.6. The van der Waals surface area contributed by atoms with Crippen molar-refractivity contribution in [3.8, 4) is 6.07 Å². The zero-order chi connectivity index (χ0) is 10.9.